The number of hydrogen-bond donors (Lipinski definition) is 1. The third kappa shape index (κ3) is 3.64. The lowest BCUT2D eigenvalue weighted by Gasteiger charge is -2.05. The molecule has 0 spiro atoms. The molecule has 1 amide bonds. The summed E-state index contributed by atoms with van der Waals surface area (Å²) in [5.74, 6) is 0.654. The smallest absolute Gasteiger partial charge is 0.251 e. The standard InChI is InChI=1S/C13H15BrN4O/c1-9-7-10(3-4-11(9)14)13(19)15-6-5-12-16-8-18(2)17-12/h3-4,7-8H,5-6H2,1-2H3,(H,15,19). The number of benzene rings is 1. The summed E-state index contributed by atoms with van der Waals surface area (Å²) in [7, 11) is 1.82. The van der Waals surface area contributed by atoms with Crippen molar-refractivity contribution >= 4 is 21.8 Å². The van der Waals surface area contributed by atoms with Crippen LogP contribution in [-0.2, 0) is 13.5 Å². The zero-order valence-corrected chi connectivity index (χ0v) is 12.4. The van der Waals surface area contributed by atoms with Crippen LogP contribution in [0.5, 0.6) is 0 Å². The van der Waals surface area contributed by atoms with Crippen molar-refractivity contribution < 1.29 is 4.79 Å². The predicted molar refractivity (Wildman–Crippen MR) is 75.9 cm³/mol. The molecule has 0 bridgehead atoms. The molecule has 5 nitrogen and oxygen atoms in total. The van der Waals surface area contributed by atoms with Crippen molar-refractivity contribution in [3.63, 3.8) is 0 Å². The number of hydrogen-bond acceptors (Lipinski definition) is 3. The summed E-state index contributed by atoms with van der Waals surface area (Å²) in [4.78, 5) is 16.0. The fraction of sp³-hybridized carbons (Fsp3) is 0.308. The van der Waals surface area contributed by atoms with Gasteiger partial charge >= 0.3 is 0 Å². The third-order valence-corrected chi connectivity index (χ3v) is 3.59. The topological polar surface area (TPSA) is 59.8 Å². The highest BCUT2D eigenvalue weighted by atomic mass is 79.9. The van der Waals surface area contributed by atoms with E-state index in [1.807, 2.05) is 26.1 Å². The zero-order valence-electron chi connectivity index (χ0n) is 10.9. The van der Waals surface area contributed by atoms with Gasteiger partial charge in [-0.2, -0.15) is 5.10 Å². The molecule has 0 aliphatic carbocycles. The van der Waals surface area contributed by atoms with Crippen molar-refractivity contribution in [1.29, 1.82) is 0 Å². The molecule has 0 aliphatic heterocycles. The molecule has 0 fully saturated rings. The quantitative estimate of drug-likeness (QED) is 0.934. The van der Waals surface area contributed by atoms with E-state index in [0.29, 0.717) is 18.5 Å². The number of nitrogens with zero attached hydrogens (tertiary/aromatic N) is 3. The van der Waals surface area contributed by atoms with Crippen LogP contribution in [0.15, 0.2) is 29.0 Å². The van der Waals surface area contributed by atoms with E-state index in [-0.39, 0.29) is 5.91 Å². The summed E-state index contributed by atoms with van der Waals surface area (Å²) >= 11 is 3.41. The zero-order chi connectivity index (χ0) is 13.8. The van der Waals surface area contributed by atoms with Crippen LogP contribution in [0.4, 0.5) is 0 Å². The molecule has 1 heterocycles. The SMILES string of the molecule is Cc1cc(C(=O)NCCc2ncn(C)n2)ccc1Br. The Kier molecular flexibility index (Phi) is 4.31. The minimum Gasteiger partial charge on any atom is -0.352 e. The van der Waals surface area contributed by atoms with Crippen molar-refractivity contribution in [3.05, 3.63) is 46.0 Å². The lowest BCUT2D eigenvalue weighted by Crippen LogP contribution is -2.26. The Labute approximate surface area is 120 Å². The lowest BCUT2D eigenvalue weighted by atomic mass is 10.1. The molecule has 100 valence electrons. The van der Waals surface area contributed by atoms with Gasteiger partial charge in [0.2, 0.25) is 0 Å². The molecule has 0 saturated carbocycles. The molecule has 6 heteroatoms. The average molecular weight is 323 g/mol. The summed E-state index contributed by atoms with van der Waals surface area (Å²) < 4.78 is 2.65. The Balaban J connectivity index is 1.89. The van der Waals surface area contributed by atoms with Crippen molar-refractivity contribution in [3.8, 4) is 0 Å². The second-order valence-electron chi connectivity index (χ2n) is 4.30. The molecular weight excluding hydrogens is 308 g/mol. The van der Waals surface area contributed by atoms with Crippen LogP contribution in [-0.4, -0.2) is 27.2 Å². The number of nitrogens with one attached hydrogen (secondary N) is 1. The van der Waals surface area contributed by atoms with Gasteiger partial charge in [-0.15, -0.1) is 0 Å². The summed E-state index contributed by atoms with van der Waals surface area (Å²) in [5.41, 5.74) is 1.70. The molecule has 1 aromatic carbocycles. The van der Waals surface area contributed by atoms with Gasteiger partial charge in [0.25, 0.3) is 5.91 Å². The van der Waals surface area contributed by atoms with E-state index in [1.165, 1.54) is 0 Å². The van der Waals surface area contributed by atoms with Crippen LogP contribution in [0.1, 0.15) is 21.7 Å². The first-order chi connectivity index (χ1) is 9.06. The molecular formula is C13H15BrN4O. The second kappa shape index (κ2) is 5.97. The Morgan fingerprint density at radius 2 is 2.26 bits per heavy atom. The van der Waals surface area contributed by atoms with Gasteiger partial charge < -0.3 is 5.32 Å². The van der Waals surface area contributed by atoms with Crippen molar-refractivity contribution in [2.24, 2.45) is 7.05 Å². The van der Waals surface area contributed by atoms with Gasteiger partial charge in [-0.3, -0.25) is 9.48 Å². The normalized spacial score (nSPS) is 10.5. The van der Waals surface area contributed by atoms with Crippen LogP contribution < -0.4 is 5.32 Å². The van der Waals surface area contributed by atoms with E-state index >= 15 is 0 Å². The summed E-state index contributed by atoms with van der Waals surface area (Å²) in [6.45, 7) is 2.48. The van der Waals surface area contributed by atoms with E-state index in [0.717, 1.165) is 15.9 Å². The number of halogens is 1. The van der Waals surface area contributed by atoms with Gasteiger partial charge in [0.1, 0.15) is 6.33 Å². The molecule has 0 saturated heterocycles. The molecule has 19 heavy (non-hydrogen) atoms. The average Bonchev–Trinajstić information content (AvgIpc) is 2.78. The first kappa shape index (κ1) is 13.7. The van der Waals surface area contributed by atoms with Gasteiger partial charge in [0.15, 0.2) is 5.82 Å². The fourth-order valence-electron chi connectivity index (χ4n) is 1.67. The van der Waals surface area contributed by atoms with E-state index in [9.17, 15) is 4.79 Å². The first-order valence-corrected chi connectivity index (χ1v) is 6.74. The molecule has 0 unspecified atom stereocenters. The maximum absolute atomic E-state index is 11.9. The molecule has 0 atom stereocenters. The minimum absolute atomic E-state index is 0.0773. The largest absolute Gasteiger partial charge is 0.352 e. The van der Waals surface area contributed by atoms with Gasteiger partial charge in [0.05, 0.1) is 0 Å². The maximum atomic E-state index is 11.9. The van der Waals surface area contributed by atoms with Crippen molar-refractivity contribution in [2.75, 3.05) is 6.54 Å². The van der Waals surface area contributed by atoms with Gasteiger partial charge in [0, 0.05) is 30.0 Å². The maximum Gasteiger partial charge on any atom is 0.251 e. The highest BCUT2D eigenvalue weighted by molar-refractivity contribution is 9.10. The fourth-order valence-corrected chi connectivity index (χ4v) is 1.92. The monoisotopic (exact) mass is 322 g/mol. The molecule has 2 aromatic rings. The summed E-state index contributed by atoms with van der Waals surface area (Å²) in [5, 5.41) is 7.01. The number of carbonyl (C=O) groups is 1. The lowest BCUT2D eigenvalue weighted by molar-refractivity contribution is 0.0954. The summed E-state index contributed by atoms with van der Waals surface area (Å²) in [6, 6.07) is 5.54. The molecule has 0 aliphatic rings. The van der Waals surface area contributed by atoms with Crippen LogP contribution in [0, 0.1) is 6.92 Å². The Bertz CT molecular complexity index is 594. The summed E-state index contributed by atoms with van der Waals surface area (Å²) in [6.07, 6.45) is 2.28. The number of aryl methyl sites for hydroxylation is 2. The van der Waals surface area contributed by atoms with Crippen LogP contribution >= 0.6 is 15.9 Å². The minimum atomic E-state index is -0.0773. The van der Waals surface area contributed by atoms with Crippen molar-refractivity contribution in [1.82, 2.24) is 20.1 Å². The third-order valence-electron chi connectivity index (χ3n) is 2.70. The molecule has 1 aromatic heterocycles. The van der Waals surface area contributed by atoms with Gasteiger partial charge in [-0.1, -0.05) is 15.9 Å². The van der Waals surface area contributed by atoms with E-state index < -0.39 is 0 Å². The van der Waals surface area contributed by atoms with Crippen LogP contribution in [0.3, 0.4) is 0 Å². The number of rotatable bonds is 4. The highest BCUT2D eigenvalue weighted by Gasteiger charge is 2.07. The highest BCUT2D eigenvalue weighted by Crippen LogP contribution is 2.16. The number of aromatic nitrogens is 3. The predicted octanol–water partition coefficient (Wildman–Crippen LogP) is 1.86. The van der Waals surface area contributed by atoms with Gasteiger partial charge in [-0.25, -0.2) is 4.98 Å². The molecule has 2 rings (SSSR count). The second-order valence-corrected chi connectivity index (χ2v) is 5.16. The number of amides is 1. The van der Waals surface area contributed by atoms with Crippen LogP contribution in [0.2, 0.25) is 0 Å². The Morgan fingerprint density at radius 1 is 1.47 bits per heavy atom. The Morgan fingerprint density at radius 3 is 2.89 bits per heavy atom. The van der Waals surface area contributed by atoms with Gasteiger partial charge in [-0.05, 0) is 30.7 Å². The number of carbonyl (C=O) groups excluding carboxylic acids is 1. The molecule has 0 radical (unpaired) electrons. The van der Waals surface area contributed by atoms with Crippen molar-refractivity contribution in [2.45, 2.75) is 13.3 Å². The molecule has 1 N–H and O–H groups in total. The van der Waals surface area contributed by atoms with E-state index in [2.05, 4.69) is 31.3 Å². The Hall–Kier alpha value is -1.69. The first-order valence-electron chi connectivity index (χ1n) is 5.95. The van der Waals surface area contributed by atoms with E-state index in [1.54, 1.807) is 17.1 Å². The van der Waals surface area contributed by atoms with E-state index in [4.69, 9.17) is 0 Å². The van der Waals surface area contributed by atoms with Crippen LogP contribution in [0.25, 0.3) is 0 Å².